The first kappa shape index (κ1) is 21.7. The van der Waals surface area contributed by atoms with E-state index in [0.717, 1.165) is 19.3 Å². The van der Waals surface area contributed by atoms with Crippen LogP contribution in [0.3, 0.4) is 0 Å². The van der Waals surface area contributed by atoms with E-state index in [0.29, 0.717) is 23.7 Å². The highest BCUT2D eigenvalue weighted by Crippen LogP contribution is 2.18. The van der Waals surface area contributed by atoms with Crippen LogP contribution in [0.1, 0.15) is 36.5 Å². The standard InChI is InChI=1S/C20H23N3O6/c1-2-3-6-13-28-18-8-5-4-7-17(18)20(25)22-21-19(24)14-29-16-11-9-15(10-12-16)23(26)27/h4-5,7-12H,2-3,6,13-14H2,1H3,(H,21,24)(H,22,25). The predicted molar refractivity (Wildman–Crippen MR) is 106 cm³/mol. The summed E-state index contributed by atoms with van der Waals surface area (Å²) >= 11 is 0. The quantitative estimate of drug-likeness (QED) is 0.359. The molecule has 154 valence electrons. The number of nitro groups is 1. The van der Waals surface area contributed by atoms with E-state index in [9.17, 15) is 19.7 Å². The van der Waals surface area contributed by atoms with Gasteiger partial charge in [-0.15, -0.1) is 0 Å². The number of amides is 2. The van der Waals surface area contributed by atoms with E-state index in [1.807, 2.05) is 0 Å². The predicted octanol–water partition coefficient (Wildman–Crippen LogP) is 3.00. The van der Waals surface area contributed by atoms with E-state index in [-0.39, 0.29) is 12.3 Å². The van der Waals surface area contributed by atoms with Gasteiger partial charge < -0.3 is 9.47 Å². The Morgan fingerprint density at radius 2 is 1.72 bits per heavy atom. The van der Waals surface area contributed by atoms with Crippen molar-refractivity contribution in [1.29, 1.82) is 0 Å². The molecule has 0 spiro atoms. The van der Waals surface area contributed by atoms with E-state index >= 15 is 0 Å². The number of unbranched alkanes of at least 4 members (excludes halogenated alkanes) is 2. The fourth-order valence-corrected chi connectivity index (χ4v) is 2.36. The molecule has 0 saturated carbocycles. The third-order valence-electron chi connectivity index (χ3n) is 3.87. The van der Waals surface area contributed by atoms with Gasteiger partial charge >= 0.3 is 0 Å². The number of carbonyl (C=O) groups is 2. The molecule has 0 heterocycles. The van der Waals surface area contributed by atoms with Gasteiger partial charge in [-0.3, -0.25) is 30.6 Å². The molecule has 2 N–H and O–H groups in total. The van der Waals surface area contributed by atoms with Crippen LogP contribution in [0, 0.1) is 10.1 Å². The molecular weight excluding hydrogens is 378 g/mol. The Hall–Kier alpha value is -3.62. The first-order valence-electron chi connectivity index (χ1n) is 9.19. The van der Waals surface area contributed by atoms with Crippen molar-refractivity contribution < 1.29 is 24.0 Å². The van der Waals surface area contributed by atoms with Gasteiger partial charge in [-0.1, -0.05) is 31.9 Å². The number of hydrogen-bond donors (Lipinski definition) is 2. The highest BCUT2D eigenvalue weighted by molar-refractivity contribution is 5.97. The second kappa shape index (κ2) is 11.3. The second-order valence-corrected chi connectivity index (χ2v) is 6.09. The first-order valence-corrected chi connectivity index (χ1v) is 9.19. The Bertz CT molecular complexity index is 838. The van der Waals surface area contributed by atoms with Crippen molar-refractivity contribution in [3.8, 4) is 11.5 Å². The van der Waals surface area contributed by atoms with Gasteiger partial charge in [0.1, 0.15) is 11.5 Å². The van der Waals surface area contributed by atoms with Crippen molar-refractivity contribution >= 4 is 17.5 Å². The number of nitro benzene ring substituents is 1. The van der Waals surface area contributed by atoms with Crippen molar-refractivity contribution in [1.82, 2.24) is 10.9 Å². The van der Waals surface area contributed by atoms with Gasteiger partial charge in [0.25, 0.3) is 17.5 Å². The highest BCUT2D eigenvalue weighted by atomic mass is 16.6. The largest absolute Gasteiger partial charge is 0.493 e. The minimum Gasteiger partial charge on any atom is -0.493 e. The number of hydrazine groups is 1. The Kier molecular flexibility index (Phi) is 8.43. The van der Waals surface area contributed by atoms with Crippen LogP contribution in [-0.4, -0.2) is 30.0 Å². The van der Waals surface area contributed by atoms with Crippen LogP contribution in [0.15, 0.2) is 48.5 Å². The summed E-state index contributed by atoms with van der Waals surface area (Å²) in [6, 6.07) is 12.1. The van der Waals surface area contributed by atoms with E-state index in [4.69, 9.17) is 9.47 Å². The number of carbonyl (C=O) groups excluding carboxylic acids is 2. The van der Waals surface area contributed by atoms with Crippen molar-refractivity contribution in [2.24, 2.45) is 0 Å². The Morgan fingerprint density at radius 1 is 1.00 bits per heavy atom. The smallest absolute Gasteiger partial charge is 0.276 e. The lowest BCUT2D eigenvalue weighted by atomic mass is 10.2. The topological polar surface area (TPSA) is 120 Å². The average molecular weight is 401 g/mol. The van der Waals surface area contributed by atoms with Gasteiger partial charge in [0, 0.05) is 12.1 Å². The van der Waals surface area contributed by atoms with Crippen LogP contribution >= 0.6 is 0 Å². The molecule has 0 aliphatic carbocycles. The molecular formula is C20H23N3O6. The molecule has 0 aliphatic heterocycles. The highest BCUT2D eigenvalue weighted by Gasteiger charge is 2.13. The fraction of sp³-hybridized carbons (Fsp3) is 0.300. The second-order valence-electron chi connectivity index (χ2n) is 6.09. The van der Waals surface area contributed by atoms with Crippen LogP contribution in [0.2, 0.25) is 0 Å². The third kappa shape index (κ3) is 7.13. The molecule has 0 aliphatic rings. The molecule has 0 radical (unpaired) electrons. The van der Waals surface area contributed by atoms with E-state index < -0.39 is 16.7 Å². The average Bonchev–Trinajstić information content (AvgIpc) is 2.74. The molecule has 2 aromatic rings. The van der Waals surface area contributed by atoms with Gasteiger partial charge in [-0.2, -0.15) is 0 Å². The summed E-state index contributed by atoms with van der Waals surface area (Å²) in [5, 5.41) is 10.6. The zero-order valence-electron chi connectivity index (χ0n) is 16.1. The molecule has 0 saturated heterocycles. The number of ether oxygens (including phenoxy) is 2. The fourth-order valence-electron chi connectivity index (χ4n) is 2.36. The molecule has 0 unspecified atom stereocenters. The molecule has 2 rings (SSSR count). The summed E-state index contributed by atoms with van der Waals surface area (Å²) in [6.45, 7) is 2.23. The zero-order chi connectivity index (χ0) is 21.1. The SMILES string of the molecule is CCCCCOc1ccccc1C(=O)NNC(=O)COc1ccc([N+](=O)[O-])cc1. The number of non-ortho nitro benzene ring substituents is 1. The van der Waals surface area contributed by atoms with Crippen molar-refractivity contribution in [2.45, 2.75) is 26.2 Å². The lowest BCUT2D eigenvalue weighted by molar-refractivity contribution is -0.384. The van der Waals surface area contributed by atoms with E-state index in [2.05, 4.69) is 17.8 Å². The summed E-state index contributed by atoms with van der Waals surface area (Å²) in [5.74, 6) is -0.363. The number of para-hydroxylation sites is 1. The molecule has 9 heteroatoms. The van der Waals surface area contributed by atoms with Crippen molar-refractivity contribution in [2.75, 3.05) is 13.2 Å². The Morgan fingerprint density at radius 3 is 2.41 bits per heavy atom. The Balaban J connectivity index is 1.81. The monoisotopic (exact) mass is 401 g/mol. The molecule has 0 aromatic heterocycles. The van der Waals surface area contributed by atoms with Gasteiger partial charge in [0.2, 0.25) is 0 Å². The van der Waals surface area contributed by atoms with Crippen LogP contribution in [0.25, 0.3) is 0 Å². The molecule has 0 fully saturated rings. The zero-order valence-corrected chi connectivity index (χ0v) is 16.1. The number of rotatable bonds is 10. The number of benzene rings is 2. The summed E-state index contributed by atoms with van der Waals surface area (Å²) < 4.78 is 10.9. The van der Waals surface area contributed by atoms with E-state index in [1.54, 1.807) is 24.3 Å². The summed E-state index contributed by atoms with van der Waals surface area (Å²) in [6.07, 6.45) is 3.00. The minimum absolute atomic E-state index is 0.0790. The maximum absolute atomic E-state index is 12.3. The number of hydrogen-bond acceptors (Lipinski definition) is 6. The summed E-state index contributed by atoms with van der Waals surface area (Å²) in [4.78, 5) is 34.3. The van der Waals surface area contributed by atoms with E-state index in [1.165, 1.54) is 24.3 Å². The lowest BCUT2D eigenvalue weighted by Crippen LogP contribution is -2.43. The van der Waals surface area contributed by atoms with Crippen LogP contribution in [-0.2, 0) is 4.79 Å². The van der Waals surface area contributed by atoms with Crippen LogP contribution in [0.4, 0.5) is 5.69 Å². The van der Waals surface area contributed by atoms with Crippen LogP contribution < -0.4 is 20.3 Å². The summed E-state index contributed by atoms with van der Waals surface area (Å²) in [5.41, 5.74) is 4.80. The maximum Gasteiger partial charge on any atom is 0.276 e. The molecule has 2 aromatic carbocycles. The van der Waals surface area contributed by atoms with Gasteiger partial charge in [0.05, 0.1) is 17.1 Å². The molecule has 0 atom stereocenters. The Labute approximate surface area is 168 Å². The van der Waals surface area contributed by atoms with Crippen molar-refractivity contribution in [3.05, 3.63) is 64.2 Å². The molecule has 2 amide bonds. The van der Waals surface area contributed by atoms with Crippen molar-refractivity contribution in [3.63, 3.8) is 0 Å². The summed E-state index contributed by atoms with van der Waals surface area (Å²) in [7, 11) is 0. The minimum atomic E-state index is -0.585. The first-order chi connectivity index (χ1) is 14.0. The molecule has 29 heavy (non-hydrogen) atoms. The number of nitrogens with zero attached hydrogens (tertiary/aromatic N) is 1. The third-order valence-corrected chi connectivity index (χ3v) is 3.87. The lowest BCUT2D eigenvalue weighted by Gasteiger charge is -2.12. The normalized spacial score (nSPS) is 10.1. The van der Waals surface area contributed by atoms with Gasteiger partial charge in [-0.25, -0.2) is 0 Å². The van der Waals surface area contributed by atoms with Gasteiger partial charge in [-0.05, 0) is 30.7 Å². The molecule has 9 nitrogen and oxygen atoms in total. The number of nitrogens with one attached hydrogen (secondary N) is 2. The van der Waals surface area contributed by atoms with Gasteiger partial charge in [0.15, 0.2) is 6.61 Å². The maximum atomic E-state index is 12.3. The molecule has 0 bridgehead atoms. The van der Waals surface area contributed by atoms with Crippen LogP contribution in [0.5, 0.6) is 11.5 Å².